The highest BCUT2D eigenvalue weighted by molar-refractivity contribution is 6.05. The van der Waals surface area contributed by atoms with Crippen molar-refractivity contribution in [2.75, 3.05) is 0 Å². The highest BCUT2D eigenvalue weighted by Gasteiger charge is 2.25. The van der Waals surface area contributed by atoms with Crippen LogP contribution in [-0.2, 0) is 9.59 Å². The zero-order valence-corrected chi connectivity index (χ0v) is 10.8. The van der Waals surface area contributed by atoms with Gasteiger partial charge in [-0.05, 0) is 0 Å². The quantitative estimate of drug-likeness (QED) is 0.430. The Morgan fingerprint density at radius 3 is 1.25 bits per heavy atom. The minimum absolute atomic E-state index is 0.278. The number of guanidine groups is 1. The fraction of sp³-hybridized carbons (Fsp3) is 0.727. The van der Waals surface area contributed by atoms with E-state index in [1.54, 1.807) is 41.5 Å². The van der Waals surface area contributed by atoms with Gasteiger partial charge in [0.05, 0.1) is 0 Å². The summed E-state index contributed by atoms with van der Waals surface area (Å²) >= 11 is 0. The molecule has 5 nitrogen and oxygen atoms in total. The molecule has 0 aliphatic rings. The Bertz CT molecular complexity index is 278. The van der Waals surface area contributed by atoms with Gasteiger partial charge in [-0.3, -0.25) is 25.6 Å². The van der Waals surface area contributed by atoms with Gasteiger partial charge >= 0.3 is 0 Å². The maximum Gasteiger partial charge on any atom is 0.232 e. The lowest BCUT2D eigenvalue weighted by atomic mass is 9.95. The number of carbonyl (C=O) groups is 2. The maximum absolute atomic E-state index is 11.5. The molecule has 3 N–H and O–H groups in total. The second-order valence-electron chi connectivity index (χ2n) is 5.78. The highest BCUT2D eigenvalue weighted by Crippen LogP contribution is 2.13. The fourth-order valence-corrected chi connectivity index (χ4v) is 0.633. The van der Waals surface area contributed by atoms with Crippen LogP contribution in [0.5, 0.6) is 0 Å². The molecule has 0 aromatic heterocycles. The van der Waals surface area contributed by atoms with E-state index < -0.39 is 10.8 Å². The van der Waals surface area contributed by atoms with Crippen molar-refractivity contribution in [1.29, 1.82) is 5.41 Å². The largest absolute Gasteiger partial charge is 0.296 e. The minimum Gasteiger partial charge on any atom is -0.296 e. The number of hydrogen-bond acceptors (Lipinski definition) is 3. The Kier molecular flexibility index (Phi) is 4.23. The summed E-state index contributed by atoms with van der Waals surface area (Å²) in [5, 5.41) is 12.1. The van der Waals surface area contributed by atoms with E-state index in [1.807, 2.05) is 0 Å². The van der Waals surface area contributed by atoms with Gasteiger partial charge < -0.3 is 0 Å². The Balaban J connectivity index is 4.32. The van der Waals surface area contributed by atoms with Crippen LogP contribution in [0.25, 0.3) is 0 Å². The Hall–Kier alpha value is -1.39. The van der Waals surface area contributed by atoms with Gasteiger partial charge in [0.2, 0.25) is 17.8 Å². The number of rotatable bonds is 0. The summed E-state index contributed by atoms with van der Waals surface area (Å²) < 4.78 is 0. The zero-order valence-electron chi connectivity index (χ0n) is 10.8. The van der Waals surface area contributed by atoms with Gasteiger partial charge in [0.1, 0.15) is 0 Å². The van der Waals surface area contributed by atoms with Gasteiger partial charge in [-0.2, -0.15) is 0 Å². The summed E-state index contributed by atoms with van der Waals surface area (Å²) in [7, 11) is 0. The topological polar surface area (TPSA) is 82.1 Å². The summed E-state index contributed by atoms with van der Waals surface area (Å²) in [6.45, 7) is 10.4. The van der Waals surface area contributed by atoms with Crippen molar-refractivity contribution in [1.82, 2.24) is 10.6 Å². The van der Waals surface area contributed by atoms with Crippen LogP contribution in [0.2, 0.25) is 0 Å². The molecule has 0 fully saturated rings. The predicted molar refractivity (Wildman–Crippen MR) is 62.9 cm³/mol. The van der Waals surface area contributed by atoms with E-state index >= 15 is 0 Å². The molecule has 0 saturated heterocycles. The molecule has 0 saturated carbocycles. The normalized spacial score (nSPS) is 11.9. The van der Waals surface area contributed by atoms with Crippen LogP contribution in [0.15, 0.2) is 0 Å². The first kappa shape index (κ1) is 14.6. The first-order valence-corrected chi connectivity index (χ1v) is 5.16. The van der Waals surface area contributed by atoms with Gasteiger partial charge in [-0.15, -0.1) is 0 Å². The second kappa shape index (κ2) is 4.63. The predicted octanol–water partition coefficient (Wildman–Crippen LogP) is 1.25. The van der Waals surface area contributed by atoms with Gasteiger partial charge in [-0.1, -0.05) is 41.5 Å². The number of nitrogens with one attached hydrogen (secondary N) is 3. The van der Waals surface area contributed by atoms with Gasteiger partial charge in [0.25, 0.3) is 0 Å². The van der Waals surface area contributed by atoms with E-state index in [9.17, 15) is 9.59 Å². The molecule has 0 aliphatic heterocycles. The first-order valence-electron chi connectivity index (χ1n) is 5.16. The number of hydrogen-bond donors (Lipinski definition) is 3. The molecule has 0 aromatic rings. The Morgan fingerprint density at radius 1 is 0.812 bits per heavy atom. The first-order chi connectivity index (χ1) is 6.94. The van der Waals surface area contributed by atoms with Gasteiger partial charge in [0.15, 0.2) is 0 Å². The summed E-state index contributed by atoms with van der Waals surface area (Å²) in [6, 6.07) is 0. The average Bonchev–Trinajstić information content (AvgIpc) is 1.99. The third-order valence-electron chi connectivity index (χ3n) is 1.84. The van der Waals surface area contributed by atoms with Gasteiger partial charge in [-0.25, -0.2) is 0 Å². The molecule has 0 aromatic carbocycles. The van der Waals surface area contributed by atoms with Crippen LogP contribution >= 0.6 is 0 Å². The lowest BCUT2D eigenvalue weighted by molar-refractivity contribution is -0.127. The molecule has 92 valence electrons. The zero-order chi connectivity index (χ0) is 13.1. The smallest absolute Gasteiger partial charge is 0.232 e. The standard InChI is InChI=1S/C11H21N3O2/c1-10(2,3)7(15)13-9(12)14-8(16)11(4,5)6/h1-6H3,(H3,12,13,14,15,16). The summed E-state index contributed by atoms with van der Waals surface area (Å²) in [5.74, 6) is -0.877. The van der Waals surface area contributed by atoms with E-state index in [2.05, 4.69) is 10.6 Å². The van der Waals surface area contributed by atoms with Crippen molar-refractivity contribution in [2.24, 2.45) is 10.8 Å². The molecule has 2 amide bonds. The van der Waals surface area contributed by atoms with Crippen LogP contribution in [0, 0.1) is 16.2 Å². The SMILES string of the molecule is CC(C)(C)C(=O)NC(=N)NC(=O)C(C)(C)C. The summed E-state index contributed by atoms with van der Waals surface area (Å²) in [6.07, 6.45) is 0. The molecular weight excluding hydrogens is 206 g/mol. The van der Waals surface area contributed by atoms with Crippen LogP contribution in [0.3, 0.4) is 0 Å². The van der Waals surface area contributed by atoms with Crippen molar-refractivity contribution in [3.63, 3.8) is 0 Å². The molecule has 0 rings (SSSR count). The molecular formula is C11H21N3O2. The second-order valence-corrected chi connectivity index (χ2v) is 5.78. The van der Waals surface area contributed by atoms with Crippen molar-refractivity contribution in [3.8, 4) is 0 Å². The lowest BCUT2D eigenvalue weighted by Gasteiger charge is -2.21. The molecule has 0 spiro atoms. The van der Waals surface area contributed by atoms with Crippen LogP contribution < -0.4 is 10.6 Å². The van der Waals surface area contributed by atoms with Crippen molar-refractivity contribution < 1.29 is 9.59 Å². The van der Waals surface area contributed by atoms with E-state index in [0.717, 1.165) is 0 Å². The van der Waals surface area contributed by atoms with Crippen molar-refractivity contribution in [3.05, 3.63) is 0 Å². The molecule has 0 unspecified atom stereocenters. The third kappa shape index (κ3) is 4.91. The van der Waals surface area contributed by atoms with Crippen molar-refractivity contribution >= 4 is 17.8 Å². The minimum atomic E-state index is -0.585. The molecule has 0 heterocycles. The fourth-order valence-electron chi connectivity index (χ4n) is 0.633. The van der Waals surface area contributed by atoms with E-state index in [4.69, 9.17) is 5.41 Å². The number of carbonyl (C=O) groups excluding carboxylic acids is 2. The molecule has 0 bridgehead atoms. The lowest BCUT2D eigenvalue weighted by Crippen LogP contribution is -2.49. The van der Waals surface area contributed by atoms with Crippen LogP contribution in [-0.4, -0.2) is 17.8 Å². The molecule has 5 heteroatoms. The summed E-state index contributed by atoms with van der Waals surface area (Å²) in [4.78, 5) is 23.0. The number of amides is 2. The Morgan fingerprint density at radius 2 is 1.06 bits per heavy atom. The molecule has 0 atom stereocenters. The van der Waals surface area contributed by atoms with Crippen molar-refractivity contribution in [2.45, 2.75) is 41.5 Å². The van der Waals surface area contributed by atoms with Crippen LogP contribution in [0.4, 0.5) is 0 Å². The molecule has 16 heavy (non-hydrogen) atoms. The van der Waals surface area contributed by atoms with Crippen LogP contribution in [0.1, 0.15) is 41.5 Å². The van der Waals surface area contributed by atoms with E-state index in [-0.39, 0.29) is 17.8 Å². The molecule has 0 radical (unpaired) electrons. The molecule has 0 aliphatic carbocycles. The maximum atomic E-state index is 11.5. The van der Waals surface area contributed by atoms with Gasteiger partial charge in [0, 0.05) is 10.8 Å². The average molecular weight is 227 g/mol. The Labute approximate surface area is 96.5 Å². The summed E-state index contributed by atoms with van der Waals surface area (Å²) in [5.41, 5.74) is -1.17. The van der Waals surface area contributed by atoms with E-state index in [1.165, 1.54) is 0 Å². The van der Waals surface area contributed by atoms with E-state index in [0.29, 0.717) is 0 Å². The monoisotopic (exact) mass is 227 g/mol. The third-order valence-corrected chi connectivity index (χ3v) is 1.84. The highest BCUT2D eigenvalue weighted by atomic mass is 16.2.